The van der Waals surface area contributed by atoms with Crippen LogP contribution in [-0.2, 0) is 0 Å². The minimum Gasteiger partial charge on any atom is -0.369 e. The van der Waals surface area contributed by atoms with Gasteiger partial charge in [-0.15, -0.1) is 0 Å². The van der Waals surface area contributed by atoms with E-state index < -0.39 is 0 Å². The zero-order valence-electron chi connectivity index (χ0n) is 12.9. The van der Waals surface area contributed by atoms with Gasteiger partial charge in [-0.1, -0.05) is 11.6 Å². The summed E-state index contributed by atoms with van der Waals surface area (Å²) in [5.41, 5.74) is 0.557. The fourth-order valence-electron chi connectivity index (χ4n) is 2.60. The molecule has 1 unspecified atom stereocenters. The van der Waals surface area contributed by atoms with Crippen molar-refractivity contribution in [2.45, 2.75) is 25.8 Å². The largest absolute Gasteiger partial charge is 0.369 e. The lowest BCUT2D eigenvalue weighted by Crippen LogP contribution is -2.47. The highest BCUT2D eigenvalue weighted by molar-refractivity contribution is 6.33. The van der Waals surface area contributed by atoms with Gasteiger partial charge in [-0.2, -0.15) is 0 Å². The van der Waals surface area contributed by atoms with E-state index in [1.54, 1.807) is 12.3 Å². The predicted molar refractivity (Wildman–Crippen MR) is 86.0 cm³/mol. The highest BCUT2D eigenvalue weighted by atomic mass is 35.5. The van der Waals surface area contributed by atoms with E-state index in [-0.39, 0.29) is 5.91 Å². The fourth-order valence-corrected chi connectivity index (χ4v) is 2.83. The van der Waals surface area contributed by atoms with Crippen molar-refractivity contribution in [1.82, 2.24) is 14.8 Å². The van der Waals surface area contributed by atoms with E-state index in [9.17, 15) is 4.79 Å². The van der Waals surface area contributed by atoms with E-state index in [1.165, 1.54) is 0 Å². The highest BCUT2D eigenvalue weighted by Gasteiger charge is 2.26. The van der Waals surface area contributed by atoms with E-state index in [0.29, 0.717) is 22.4 Å². The van der Waals surface area contributed by atoms with E-state index in [4.69, 9.17) is 11.6 Å². The van der Waals surface area contributed by atoms with Crippen molar-refractivity contribution in [3.05, 3.63) is 22.8 Å². The van der Waals surface area contributed by atoms with Crippen LogP contribution in [0.3, 0.4) is 0 Å². The molecule has 6 heteroatoms. The summed E-state index contributed by atoms with van der Waals surface area (Å²) in [6.07, 6.45) is 3.77. The Morgan fingerprint density at radius 1 is 1.57 bits per heavy atom. The summed E-state index contributed by atoms with van der Waals surface area (Å²) >= 11 is 6.17. The quantitative estimate of drug-likeness (QED) is 0.927. The molecule has 2 rings (SSSR count). The zero-order chi connectivity index (χ0) is 15.4. The molecule has 0 radical (unpaired) electrons. The minimum atomic E-state index is 0.0130. The monoisotopic (exact) mass is 310 g/mol. The van der Waals surface area contributed by atoms with E-state index in [1.807, 2.05) is 11.8 Å². The first-order valence-corrected chi connectivity index (χ1v) is 7.75. The third kappa shape index (κ3) is 3.86. The number of likely N-dealkylation sites (tertiary alicyclic amines) is 1. The summed E-state index contributed by atoms with van der Waals surface area (Å²) in [4.78, 5) is 20.9. The maximum absolute atomic E-state index is 12.6. The van der Waals surface area contributed by atoms with Gasteiger partial charge in [0.25, 0.3) is 5.91 Å². The molecule has 0 spiro atoms. The van der Waals surface area contributed by atoms with Gasteiger partial charge in [-0.05, 0) is 39.9 Å². The number of rotatable bonds is 4. The van der Waals surface area contributed by atoms with Crippen molar-refractivity contribution < 1.29 is 4.79 Å². The maximum Gasteiger partial charge on any atom is 0.255 e. The van der Waals surface area contributed by atoms with Crippen LogP contribution in [0.25, 0.3) is 0 Å². The Kier molecular flexibility index (Phi) is 5.42. The summed E-state index contributed by atoms with van der Waals surface area (Å²) in [6.45, 7) is 4.29. The van der Waals surface area contributed by atoms with Crippen molar-refractivity contribution in [3.63, 3.8) is 0 Å². The predicted octanol–water partition coefficient (Wildman–Crippen LogP) is 2.33. The molecule has 1 aliphatic heterocycles. The van der Waals surface area contributed by atoms with Crippen molar-refractivity contribution >= 4 is 23.3 Å². The molecule has 5 nitrogen and oxygen atoms in total. The topological polar surface area (TPSA) is 48.5 Å². The number of hydrogen-bond acceptors (Lipinski definition) is 4. The average Bonchev–Trinajstić information content (AvgIpc) is 2.49. The van der Waals surface area contributed by atoms with Crippen LogP contribution in [0, 0.1) is 0 Å². The summed E-state index contributed by atoms with van der Waals surface area (Å²) < 4.78 is 0. The van der Waals surface area contributed by atoms with E-state index >= 15 is 0 Å². The first kappa shape index (κ1) is 16.0. The molecule has 0 aliphatic carbocycles. The van der Waals surface area contributed by atoms with E-state index in [0.717, 1.165) is 32.5 Å². The van der Waals surface area contributed by atoms with Crippen molar-refractivity contribution in [2.24, 2.45) is 0 Å². The number of piperidine rings is 1. The lowest BCUT2D eigenvalue weighted by Gasteiger charge is -2.36. The van der Waals surface area contributed by atoms with Gasteiger partial charge in [0.15, 0.2) is 0 Å². The van der Waals surface area contributed by atoms with Gasteiger partial charge in [0.1, 0.15) is 5.82 Å². The normalized spacial score (nSPS) is 18.9. The first-order chi connectivity index (χ1) is 10.0. The number of halogens is 1. The Labute approximate surface area is 131 Å². The van der Waals surface area contributed by atoms with E-state index in [2.05, 4.69) is 29.3 Å². The molecule has 1 aromatic rings. The molecule has 1 atom stereocenters. The molecule has 1 aliphatic rings. The van der Waals surface area contributed by atoms with Gasteiger partial charge in [-0.3, -0.25) is 4.79 Å². The van der Waals surface area contributed by atoms with Crippen LogP contribution in [-0.4, -0.2) is 60.5 Å². The number of nitrogens with one attached hydrogen (secondary N) is 1. The second-order valence-electron chi connectivity index (χ2n) is 5.60. The molecule has 2 heterocycles. The molecule has 116 valence electrons. The lowest BCUT2D eigenvalue weighted by molar-refractivity contribution is 0.0635. The Hall–Kier alpha value is -1.33. The number of carbonyl (C=O) groups excluding carboxylic acids is 1. The lowest BCUT2D eigenvalue weighted by atomic mass is 10.0. The van der Waals surface area contributed by atoms with Crippen LogP contribution in [0.15, 0.2) is 12.3 Å². The third-order valence-electron chi connectivity index (χ3n) is 3.85. The summed E-state index contributed by atoms with van der Waals surface area (Å²) in [6, 6.07) is 2.13. The number of carbonyl (C=O) groups is 1. The smallest absolute Gasteiger partial charge is 0.255 e. The van der Waals surface area contributed by atoms with Crippen molar-refractivity contribution in [2.75, 3.05) is 39.0 Å². The zero-order valence-corrected chi connectivity index (χ0v) is 13.7. The van der Waals surface area contributed by atoms with Crippen LogP contribution in [0.4, 0.5) is 5.82 Å². The van der Waals surface area contributed by atoms with Crippen LogP contribution in [0.2, 0.25) is 5.02 Å². The Bertz CT molecular complexity index is 506. The summed E-state index contributed by atoms with van der Waals surface area (Å²) in [7, 11) is 4.12. The Balaban J connectivity index is 2.10. The summed E-state index contributed by atoms with van der Waals surface area (Å²) in [5.74, 6) is 0.638. The molecule has 0 bridgehead atoms. The van der Waals surface area contributed by atoms with Gasteiger partial charge >= 0.3 is 0 Å². The molecule has 0 saturated carbocycles. The molecule has 1 amide bonds. The number of amides is 1. The van der Waals surface area contributed by atoms with Gasteiger partial charge in [0, 0.05) is 31.9 Å². The molecule has 0 aromatic carbocycles. The van der Waals surface area contributed by atoms with Gasteiger partial charge in [0.05, 0.1) is 10.6 Å². The second kappa shape index (κ2) is 7.09. The van der Waals surface area contributed by atoms with Crippen LogP contribution < -0.4 is 5.32 Å². The van der Waals surface area contributed by atoms with Crippen LogP contribution in [0.5, 0.6) is 0 Å². The number of hydrogen-bond donors (Lipinski definition) is 1. The molecule has 1 N–H and O–H groups in total. The number of pyridine rings is 1. The van der Waals surface area contributed by atoms with Crippen LogP contribution >= 0.6 is 11.6 Å². The number of nitrogens with zero attached hydrogens (tertiary/aromatic N) is 3. The third-order valence-corrected chi connectivity index (χ3v) is 4.13. The summed E-state index contributed by atoms with van der Waals surface area (Å²) in [5, 5.41) is 3.56. The Morgan fingerprint density at radius 3 is 2.95 bits per heavy atom. The standard InChI is InChI=1S/C15H23ClN4O/c1-4-17-14-13(16)8-11(9-18-14)15(21)20-7-5-6-12(10-20)19(2)3/h8-9,12H,4-7,10H2,1-3H3,(H,17,18). The number of anilines is 1. The Morgan fingerprint density at radius 2 is 2.33 bits per heavy atom. The second-order valence-corrected chi connectivity index (χ2v) is 6.00. The van der Waals surface area contributed by atoms with Crippen molar-refractivity contribution in [3.8, 4) is 0 Å². The first-order valence-electron chi connectivity index (χ1n) is 7.38. The molecule has 1 aromatic heterocycles. The fraction of sp³-hybridized carbons (Fsp3) is 0.600. The molecule has 1 fully saturated rings. The van der Waals surface area contributed by atoms with Crippen molar-refractivity contribution in [1.29, 1.82) is 0 Å². The molecular weight excluding hydrogens is 288 g/mol. The van der Waals surface area contributed by atoms with Gasteiger partial charge in [-0.25, -0.2) is 4.98 Å². The van der Waals surface area contributed by atoms with Gasteiger partial charge < -0.3 is 15.1 Å². The van der Waals surface area contributed by atoms with Gasteiger partial charge in [0.2, 0.25) is 0 Å². The highest BCUT2D eigenvalue weighted by Crippen LogP contribution is 2.22. The molecule has 1 saturated heterocycles. The SMILES string of the molecule is CCNc1ncc(C(=O)N2CCCC(N(C)C)C2)cc1Cl. The maximum atomic E-state index is 12.6. The molecule has 21 heavy (non-hydrogen) atoms. The average molecular weight is 311 g/mol. The van der Waals surface area contributed by atoms with Crippen LogP contribution in [0.1, 0.15) is 30.1 Å². The number of aromatic nitrogens is 1. The molecular formula is C15H23ClN4O. The minimum absolute atomic E-state index is 0.0130. The number of likely N-dealkylation sites (N-methyl/N-ethyl adjacent to an activating group) is 1.